The lowest BCUT2D eigenvalue weighted by molar-refractivity contribution is 0.417. The van der Waals surface area contributed by atoms with Gasteiger partial charge in [-0.3, -0.25) is 9.71 Å². The highest BCUT2D eigenvalue weighted by Gasteiger charge is 2.43. The molecule has 40 heavy (non-hydrogen) atoms. The van der Waals surface area contributed by atoms with E-state index in [9.17, 15) is 8.42 Å². The van der Waals surface area contributed by atoms with Crippen LogP contribution in [0.25, 0.3) is 5.69 Å². The fourth-order valence-electron chi connectivity index (χ4n) is 5.50. The maximum absolute atomic E-state index is 12.1. The molecule has 1 saturated heterocycles. The number of rotatable bonds is 7. The number of thiocarbonyl (C=S) groups is 1. The third-order valence-electron chi connectivity index (χ3n) is 7.22. The maximum atomic E-state index is 12.1. The minimum absolute atomic E-state index is 0.269. The quantitative estimate of drug-likeness (QED) is 0.253. The first-order chi connectivity index (χ1) is 19.0. The highest BCUT2D eigenvalue weighted by atomic mass is 35.5. The van der Waals surface area contributed by atoms with Gasteiger partial charge in [0.25, 0.3) is 0 Å². The van der Waals surface area contributed by atoms with Gasteiger partial charge in [-0.1, -0.05) is 23.7 Å². The summed E-state index contributed by atoms with van der Waals surface area (Å²) >= 11 is 12.3. The highest BCUT2D eigenvalue weighted by Crippen LogP contribution is 2.46. The Kier molecular flexibility index (Phi) is 7.52. The summed E-state index contributed by atoms with van der Waals surface area (Å²) in [6, 6.07) is 18.4. The van der Waals surface area contributed by atoms with E-state index >= 15 is 0 Å². The van der Waals surface area contributed by atoms with Gasteiger partial charge >= 0.3 is 0 Å². The van der Waals surface area contributed by atoms with Crippen LogP contribution in [0.1, 0.15) is 40.3 Å². The molecule has 0 unspecified atom stereocenters. The number of pyridine rings is 1. The second-order valence-electron chi connectivity index (χ2n) is 9.78. The average molecular weight is 596 g/mol. The molecule has 208 valence electrons. The van der Waals surface area contributed by atoms with Crippen LogP contribution in [-0.4, -0.2) is 36.4 Å². The number of anilines is 2. The Hall–Kier alpha value is -3.60. The molecule has 2 atom stereocenters. The molecular weight excluding hydrogens is 566 g/mol. The lowest BCUT2D eigenvalue weighted by Gasteiger charge is -2.29. The average Bonchev–Trinajstić information content (AvgIpc) is 3.35. The molecule has 11 heteroatoms. The summed E-state index contributed by atoms with van der Waals surface area (Å²) < 4.78 is 34.5. The van der Waals surface area contributed by atoms with Crippen LogP contribution in [0.5, 0.6) is 5.75 Å². The maximum Gasteiger partial charge on any atom is 0.229 e. The minimum atomic E-state index is -3.55. The number of methoxy groups -OCH3 is 1. The summed E-state index contributed by atoms with van der Waals surface area (Å²) in [5.74, 6) is 0.403. The Labute approximate surface area is 245 Å². The van der Waals surface area contributed by atoms with Gasteiger partial charge in [0, 0.05) is 39.5 Å². The molecular formula is C29H30ClN5O3S2. The van der Waals surface area contributed by atoms with Crippen molar-refractivity contribution in [3.8, 4) is 11.4 Å². The van der Waals surface area contributed by atoms with Crippen LogP contribution in [0.4, 0.5) is 11.4 Å². The SMILES string of the molecule is COc1ccc(N2C(=S)N[C@@H](c3ccccn3)[C@H]2c2c(C)c(C)n(-c3cccc(Cl)c3)c2C)cc1NS(C)(=O)=O. The molecule has 3 heterocycles. The van der Waals surface area contributed by atoms with Crippen molar-refractivity contribution in [3.63, 3.8) is 0 Å². The largest absolute Gasteiger partial charge is 0.495 e. The zero-order valence-electron chi connectivity index (χ0n) is 22.8. The Bertz CT molecular complexity index is 1710. The summed E-state index contributed by atoms with van der Waals surface area (Å²) in [5.41, 5.74) is 7.18. The normalized spacial score (nSPS) is 17.1. The van der Waals surface area contributed by atoms with Crippen LogP contribution in [0, 0.1) is 20.8 Å². The molecule has 1 aliphatic rings. The smallest absolute Gasteiger partial charge is 0.229 e. The number of ether oxygens (including phenoxy) is 1. The van der Waals surface area contributed by atoms with Crippen LogP contribution in [0.2, 0.25) is 5.02 Å². The van der Waals surface area contributed by atoms with Crippen LogP contribution >= 0.6 is 23.8 Å². The molecule has 0 aliphatic carbocycles. The van der Waals surface area contributed by atoms with E-state index in [1.165, 1.54) is 7.11 Å². The second-order valence-corrected chi connectivity index (χ2v) is 12.4. The first-order valence-electron chi connectivity index (χ1n) is 12.6. The van der Waals surface area contributed by atoms with Crippen LogP contribution in [-0.2, 0) is 10.0 Å². The summed E-state index contributed by atoms with van der Waals surface area (Å²) in [4.78, 5) is 6.69. The Morgan fingerprint density at radius 3 is 2.45 bits per heavy atom. The molecule has 0 spiro atoms. The number of hydrogen-bond donors (Lipinski definition) is 2. The van der Waals surface area contributed by atoms with Gasteiger partial charge in [-0.15, -0.1) is 0 Å². The van der Waals surface area contributed by atoms with Gasteiger partial charge in [-0.05, 0) is 87.1 Å². The lowest BCUT2D eigenvalue weighted by atomic mass is 9.93. The first-order valence-corrected chi connectivity index (χ1v) is 15.3. The number of halogens is 1. The fourth-order valence-corrected chi connectivity index (χ4v) is 6.59. The van der Waals surface area contributed by atoms with E-state index in [2.05, 4.69) is 40.4 Å². The number of sulfonamides is 1. The predicted octanol–water partition coefficient (Wildman–Crippen LogP) is 6.01. The molecule has 0 radical (unpaired) electrons. The van der Waals surface area contributed by atoms with Gasteiger partial charge in [-0.25, -0.2) is 8.42 Å². The Morgan fingerprint density at radius 1 is 1.02 bits per heavy atom. The van der Waals surface area contributed by atoms with Crippen LogP contribution in [0.3, 0.4) is 0 Å². The third-order valence-corrected chi connectivity index (χ3v) is 8.36. The molecule has 2 aromatic heterocycles. The van der Waals surface area contributed by atoms with E-state index in [1.54, 1.807) is 18.3 Å². The van der Waals surface area contributed by atoms with Crippen molar-refractivity contribution in [2.45, 2.75) is 32.9 Å². The monoisotopic (exact) mass is 595 g/mol. The fraction of sp³-hybridized carbons (Fsp3) is 0.241. The van der Waals surface area contributed by atoms with E-state index < -0.39 is 10.0 Å². The van der Waals surface area contributed by atoms with Crippen LogP contribution in [0.15, 0.2) is 66.9 Å². The first kappa shape index (κ1) is 27.9. The summed E-state index contributed by atoms with van der Waals surface area (Å²) in [6.07, 6.45) is 2.87. The van der Waals surface area contributed by atoms with Gasteiger partial charge in [0.1, 0.15) is 5.75 Å². The van der Waals surface area contributed by atoms with Crippen molar-refractivity contribution in [1.29, 1.82) is 0 Å². The van der Waals surface area contributed by atoms with E-state index in [0.29, 0.717) is 27.3 Å². The number of benzene rings is 2. The van der Waals surface area contributed by atoms with Crippen molar-refractivity contribution >= 4 is 50.3 Å². The number of nitrogens with zero attached hydrogens (tertiary/aromatic N) is 3. The molecule has 4 aromatic rings. The zero-order valence-corrected chi connectivity index (χ0v) is 25.2. The van der Waals surface area contributed by atoms with Crippen molar-refractivity contribution in [2.24, 2.45) is 0 Å². The van der Waals surface area contributed by atoms with Crippen molar-refractivity contribution in [2.75, 3.05) is 23.0 Å². The van der Waals surface area contributed by atoms with E-state index in [4.69, 9.17) is 28.6 Å². The van der Waals surface area contributed by atoms with Gasteiger partial charge in [0.2, 0.25) is 10.0 Å². The minimum Gasteiger partial charge on any atom is -0.495 e. The van der Waals surface area contributed by atoms with E-state index in [0.717, 1.165) is 40.2 Å². The molecule has 1 aliphatic heterocycles. The van der Waals surface area contributed by atoms with Crippen molar-refractivity contribution in [3.05, 3.63) is 100 Å². The number of aromatic nitrogens is 2. The highest BCUT2D eigenvalue weighted by molar-refractivity contribution is 7.92. The molecule has 8 nitrogen and oxygen atoms in total. The van der Waals surface area contributed by atoms with Gasteiger partial charge in [0.15, 0.2) is 5.11 Å². The van der Waals surface area contributed by atoms with E-state index in [-0.39, 0.29) is 12.1 Å². The second kappa shape index (κ2) is 10.8. The predicted molar refractivity (Wildman–Crippen MR) is 164 cm³/mol. The number of nitrogens with one attached hydrogen (secondary N) is 2. The zero-order chi connectivity index (χ0) is 28.8. The Balaban J connectivity index is 1.73. The topological polar surface area (TPSA) is 88.5 Å². The molecule has 5 rings (SSSR count). The molecule has 2 N–H and O–H groups in total. The van der Waals surface area contributed by atoms with Gasteiger partial charge in [-0.2, -0.15) is 0 Å². The van der Waals surface area contributed by atoms with Crippen molar-refractivity contribution < 1.29 is 13.2 Å². The Morgan fingerprint density at radius 2 is 1.80 bits per heavy atom. The number of hydrogen-bond acceptors (Lipinski definition) is 5. The van der Waals surface area contributed by atoms with Crippen molar-refractivity contribution in [1.82, 2.24) is 14.9 Å². The van der Waals surface area contributed by atoms with Crippen LogP contribution < -0.4 is 19.7 Å². The lowest BCUT2D eigenvalue weighted by Crippen LogP contribution is -2.30. The standard InChI is InChI=1S/C29H30ClN5O3S2/c1-17-18(2)34(21-10-8-9-20(30)15-21)19(3)26(17)28-27(23-11-6-7-14-31-23)32-29(39)35(28)22-12-13-25(38-4)24(16-22)33-40(5,36)37/h6-16,27-28,33H,1-5H3,(H,32,39)/t27-,28+/m0/s1. The molecule has 2 aromatic carbocycles. The van der Waals surface area contributed by atoms with Gasteiger partial charge in [0.05, 0.1) is 36.8 Å². The summed E-state index contributed by atoms with van der Waals surface area (Å²) in [5, 5.41) is 4.65. The summed E-state index contributed by atoms with van der Waals surface area (Å²) in [7, 11) is -2.06. The molecule has 0 bridgehead atoms. The third kappa shape index (κ3) is 5.14. The molecule has 1 fully saturated rings. The van der Waals surface area contributed by atoms with Gasteiger partial charge < -0.3 is 19.5 Å². The summed E-state index contributed by atoms with van der Waals surface area (Å²) in [6.45, 7) is 6.30. The molecule has 0 saturated carbocycles. The molecule has 0 amide bonds. The van der Waals surface area contributed by atoms with E-state index in [1.807, 2.05) is 53.4 Å².